The summed E-state index contributed by atoms with van der Waals surface area (Å²) in [5, 5.41) is 21.0. The summed E-state index contributed by atoms with van der Waals surface area (Å²) >= 11 is 7.38. The van der Waals surface area contributed by atoms with Crippen LogP contribution in [0.25, 0.3) is 17.1 Å². The van der Waals surface area contributed by atoms with Gasteiger partial charge in [0.2, 0.25) is 5.91 Å². The highest BCUT2D eigenvalue weighted by atomic mass is 35.5. The molecule has 0 radical (unpaired) electrons. The summed E-state index contributed by atoms with van der Waals surface area (Å²) < 4.78 is 1.93. The Kier molecular flexibility index (Phi) is 6.73. The molecule has 2 aromatic carbocycles. The van der Waals surface area contributed by atoms with E-state index >= 15 is 0 Å². The van der Waals surface area contributed by atoms with Gasteiger partial charge in [-0.15, -0.1) is 10.2 Å². The lowest BCUT2D eigenvalue weighted by Crippen LogP contribution is -2.23. The first-order valence-electron chi connectivity index (χ1n) is 10.1. The van der Waals surface area contributed by atoms with Gasteiger partial charge in [0.05, 0.1) is 15.8 Å². The molecule has 2 heterocycles. The molecule has 9 heteroatoms. The summed E-state index contributed by atoms with van der Waals surface area (Å²) in [5.74, 6) is 0.444. The molecule has 1 N–H and O–H groups in total. The molecule has 0 saturated heterocycles. The second-order valence-electron chi connectivity index (χ2n) is 7.27. The van der Waals surface area contributed by atoms with Crippen molar-refractivity contribution in [2.45, 2.75) is 24.3 Å². The van der Waals surface area contributed by atoms with E-state index in [9.17, 15) is 4.79 Å². The van der Waals surface area contributed by atoms with E-state index in [1.54, 1.807) is 37.5 Å². The van der Waals surface area contributed by atoms with Crippen LogP contribution in [-0.4, -0.2) is 30.9 Å². The highest BCUT2D eigenvalue weighted by Gasteiger charge is 2.22. The Morgan fingerprint density at radius 1 is 1.12 bits per heavy atom. The third-order valence-corrected chi connectivity index (χ3v) is 6.23. The first-order chi connectivity index (χ1) is 16.0. The topological polar surface area (TPSA) is 96.5 Å². The van der Waals surface area contributed by atoms with E-state index in [1.807, 2.05) is 54.0 Å². The number of aromatic nitrogens is 4. The number of nitriles is 1. The highest BCUT2D eigenvalue weighted by molar-refractivity contribution is 8.00. The molecule has 2 aromatic heterocycles. The number of hydrogen-bond donors (Lipinski definition) is 1. The zero-order valence-corrected chi connectivity index (χ0v) is 19.4. The van der Waals surface area contributed by atoms with Gasteiger partial charge in [0.1, 0.15) is 6.07 Å². The Morgan fingerprint density at radius 2 is 1.85 bits per heavy atom. The van der Waals surface area contributed by atoms with Crippen molar-refractivity contribution in [1.82, 2.24) is 19.7 Å². The fourth-order valence-electron chi connectivity index (χ4n) is 3.10. The molecular formula is C24H19ClN6OS. The van der Waals surface area contributed by atoms with Gasteiger partial charge >= 0.3 is 0 Å². The quantitative estimate of drug-likeness (QED) is 0.382. The van der Waals surface area contributed by atoms with Crippen molar-refractivity contribution >= 4 is 35.0 Å². The number of carbonyl (C=O) groups excluding carboxylic acids is 1. The van der Waals surface area contributed by atoms with Crippen LogP contribution in [0.4, 0.5) is 5.69 Å². The third-order valence-electron chi connectivity index (χ3n) is 4.87. The van der Waals surface area contributed by atoms with Crippen molar-refractivity contribution in [2.24, 2.45) is 0 Å². The largest absolute Gasteiger partial charge is 0.325 e. The lowest BCUT2D eigenvalue weighted by Gasteiger charge is -2.14. The number of rotatable bonds is 6. The first-order valence-corrected chi connectivity index (χ1v) is 11.3. The zero-order valence-electron chi connectivity index (χ0n) is 17.9. The summed E-state index contributed by atoms with van der Waals surface area (Å²) in [4.78, 5) is 16.9. The van der Waals surface area contributed by atoms with E-state index in [0.29, 0.717) is 22.2 Å². The second-order valence-corrected chi connectivity index (χ2v) is 8.98. The molecule has 0 bridgehead atoms. The summed E-state index contributed by atoms with van der Waals surface area (Å²) in [7, 11) is 0. The van der Waals surface area contributed by atoms with Gasteiger partial charge in [0.15, 0.2) is 11.0 Å². The Labute approximate surface area is 200 Å². The van der Waals surface area contributed by atoms with Gasteiger partial charge in [-0.1, -0.05) is 41.1 Å². The average Bonchev–Trinajstić information content (AvgIpc) is 3.23. The molecule has 0 fully saturated rings. The van der Waals surface area contributed by atoms with Gasteiger partial charge in [0, 0.05) is 29.3 Å². The molecular weight excluding hydrogens is 456 g/mol. The van der Waals surface area contributed by atoms with Gasteiger partial charge in [-0.25, -0.2) is 0 Å². The molecule has 0 aliphatic heterocycles. The lowest BCUT2D eigenvalue weighted by atomic mass is 10.2. The molecule has 33 heavy (non-hydrogen) atoms. The van der Waals surface area contributed by atoms with Crippen LogP contribution in [0.1, 0.15) is 18.1 Å². The van der Waals surface area contributed by atoms with Crippen molar-refractivity contribution < 1.29 is 4.79 Å². The maximum absolute atomic E-state index is 12.8. The number of anilines is 1. The molecule has 1 amide bonds. The maximum Gasteiger partial charge on any atom is 0.237 e. The predicted octanol–water partition coefficient (Wildman–Crippen LogP) is 5.28. The number of pyridine rings is 1. The van der Waals surface area contributed by atoms with E-state index in [4.69, 9.17) is 16.9 Å². The van der Waals surface area contributed by atoms with Crippen molar-refractivity contribution in [2.75, 3.05) is 5.32 Å². The number of thioether (sulfide) groups is 1. The number of nitrogens with one attached hydrogen (secondary N) is 1. The zero-order chi connectivity index (χ0) is 23.4. The molecule has 7 nitrogen and oxygen atoms in total. The van der Waals surface area contributed by atoms with Crippen LogP contribution in [0.3, 0.4) is 0 Å². The van der Waals surface area contributed by atoms with Gasteiger partial charge in [-0.3, -0.25) is 14.3 Å². The smallest absolute Gasteiger partial charge is 0.237 e. The van der Waals surface area contributed by atoms with Gasteiger partial charge in [-0.05, 0) is 56.3 Å². The Balaban J connectivity index is 1.61. The van der Waals surface area contributed by atoms with Crippen molar-refractivity contribution in [1.29, 1.82) is 5.26 Å². The van der Waals surface area contributed by atoms with Crippen molar-refractivity contribution in [3.05, 3.63) is 83.1 Å². The Bertz CT molecular complexity index is 1330. The second kappa shape index (κ2) is 9.86. The molecule has 1 atom stereocenters. The summed E-state index contributed by atoms with van der Waals surface area (Å²) in [5.41, 5.74) is 3.78. The van der Waals surface area contributed by atoms with Crippen LogP contribution in [-0.2, 0) is 4.79 Å². The minimum atomic E-state index is -0.474. The first kappa shape index (κ1) is 22.5. The van der Waals surface area contributed by atoms with Crippen molar-refractivity contribution in [3.63, 3.8) is 0 Å². The molecule has 164 valence electrons. The Morgan fingerprint density at radius 3 is 2.52 bits per heavy atom. The number of aryl methyl sites for hydroxylation is 1. The predicted molar refractivity (Wildman–Crippen MR) is 129 cm³/mol. The molecule has 0 aliphatic carbocycles. The number of halogens is 1. The van der Waals surface area contributed by atoms with E-state index in [-0.39, 0.29) is 10.9 Å². The monoisotopic (exact) mass is 474 g/mol. The van der Waals surface area contributed by atoms with Crippen molar-refractivity contribution in [3.8, 4) is 23.1 Å². The minimum absolute atomic E-state index is 0.218. The average molecular weight is 475 g/mol. The van der Waals surface area contributed by atoms with Crippen LogP contribution in [0.5, 0.6) is 0 Å². The molecule has 4 rings (SSSR count). The summed E-state index contributed by atoms with van der Waals surface area (Å²) in [6, 6.07) is 18.6. The molecule has 1 unspecified atom stereocenters. The van der Waals surface area contributed by atoms with Gasteiger partial charge in [0.25, 0.3) is 0 Å². The number of carbonyl (C=O) groups is 1. The molecule has 4 aromatic rings. The minimum Gasteiger partial charge on any atom is -0.325 e. The van der Waals surface area contributed by atoms with Crippen LogP contribution in [0.2, 0.25) is 5.02 Å². The third kappa shape index (κ3) is 5.06. The fourth-order valence-corrected chi connectivity index (χ4v) is 4.19. The standard InChI is InChI=1S/C24H19ClN6OS/c1-15-3-7-20(8-4-15)31-22(17-9-11-27-12-10-17)29-30-24(31)33-16(2)23(32)28-19-6-5-18(14-26)21(25)13-19/h3-13,16H,1-2H3,(H,28,32). The van der Waals surface area contributed by atoms with Crippen LogP contribution >= 0.6 is 23.4 Å². The molecule has 0 saturated carbocycles. The number of amides is 1. The van der Waals surface area contributed by atoms with E-state index in [0.717, 1.165) is 16.8 Å². The van der Waals surface area contributed by atoms with Crippen LogP contribution in [0, 0.1) is 18.3 Å². The van der Waals surface area contributed by atoms with Gasteiger partial charge in [-0.2, -0.15) is 5.26 Å². The van der Waals surface area contributed by atoms with Crippen LogP contribution < -0.4 is 5.32 Å². The van der Waals surface area contributed by atoms with E-state index in [2.05, 4.69) is 20.5 Å². The number of nitrogens with zero attached hydrogens (tertiary/aromatic N) is 5. The lowest BCUT2D eigenvalue weighted by molar-refractivity contribution is -0.115. The SMILES string of the molecule is Cc1ccc(-n2c(SC(C)C(=O)Nc3ccc(C#N)c(Cl)c3)nnc2-c2ccncc2)cc1. The van der Waals surface area contributed by atoms with Crippen LogP contribution in [0.15, 0.2) is 72.1 Å². The van der Waals surface area contributed by atoms with E-state index in [1.165, 1.54) is 11.8 Å². The highest BCUT2D eigenvalue weighted by Crippen LogP contribution is 2.31. The van der Waals surface area contributed by atoms with E-state index < -0.39 is 5.25 Å². The fraction of sp³-hybridized carbons (Fsp3) is 0.125. The maximum atomic E-state index is 12.8. The Hall–Kier alpha value is -3.67. The number of hydrogen-bond acceptors (Lipinski definition) is 6. The summed E-state index contributed by atoms with van der Waals surface area (Å²) in [6.45, 7) is 3.82. The molecule has 0 spiro atoms. The normalized spacial score (nSPS) is 11.6. The number of benzene rings is 2. The summed E-state index contributed by atoms with van der Waals surface area (Å²) in [6.07, 6.45) is 3.41. The molecule has 0 aliphatic rings. The van der Waals surface area contributed by atoms with Gasteiger partial charge < -0.3 is 5.32 Å².